The van der Waals surface area contributed by atoms with Crippen molar-refractivity contribution >= 4 is 16.8 Å². The number of hydrogen-bond acceptors (Lipinski definition) is 5. The predicted molar refractivity (Wildman–Crippen MR) is 115 cm³/mol. The first-order valence-electron chi connectivity index (χ1n) is 9.60. The molecule has 0 amide bonds. The van der Waals surface area contributed by atoms with E-state index in [2.05, 4.69) is 0 Å². The van der Waals surface area contributed by atoms with E-state index in [0.717, 1.165) is 0 Å². The van der Waals surface area contributed by atoms with Gasteiger partial charge in [-0.25, -0.2) is 4.39 Å². The van der Waals surface area contributed by atoms with E-state index < -0.39 is 5.82 Å². The summed E-state index contributed by atoms with van der Waals surface area (Å²) in [4.78, 5) is 25.4. The minimum Gasteiger partial charge on any atom is -0.496 e. The maximum atomic E-state index is 13.2. The van der Waals surface area contributed by atoms with Gasteiger partial charge in [0.05, 0.1) is 18.1 Å². The summed E-state index contributed by atoms with van der Waals surface area (Å²) in [6.45, 7) is 1.49. The van der Waals surface area contributed by atoms with Crippen molar-refractivity contribution in [3.05, 3.63) is 94.1 Å². The maximum Gasteiger partial charge on any atom is 0.200 e. The van der Waals surface area contributed by atoms with Gasteiger partial charge in [0.2, 0.25) is 5.43 Å². The molecule has 156 valence electrons. The van der Waals surface area contributed by atoms with Crippen LogP contribution in [0.5, 0.6) is 11.5 Å². The molecular weight excluding hydrogens is 399 g/mol. The molecule has 31 heavy (non-hydrogen) atoms. The van der Waals surface area contributed by atoms with Crippen molar-refractivity contribution in [2.24, 2.45) is 0 Å². The number of ketones is 1. The van der Waals surface area contributed by atoms with Gasteiger partial charge in [0.15, 0.2) is 12.4 Å². The quantitative estimate of drug-likeness (QED) is 0.404. The zero-order chi connectivity index (χ0) is 22.0. The zero-order valence-corrected chi connectivity index (χ0v) is 17.0. The van der Waals surface area contributed by atoms with Crippen LogP contribution in [0.3, 0.4) is 0 Å². The number of carbonyl (C=O) groups is 1. The largest absolute Gasteiger partial charge is 0.496 e. The lowest BCUT2D eigenvalue weighted by atomic mass is 10.0. The number of hydrogen-bond donors (Lipinski definition) is 0. The average Bonchev–Trinajstić information content (AvgIpc) is 2.78. The molecule has 6 heteroatoms. The van der Waals surface area contributed by atoms with E-state index in [4.69, 9.17) is 13.9 Å². The number of methoxy groups -OCH3 is 1. The molecule has 0 unspecified atom stereocenters. The van der Waals surface area contributed by atoms with Gasteiger partial charge in [0, 0.05) is 17.2 Å². The van der Waals surface area contributed by atoms with Crippen molar-refractivity contribution in [1.29, 1.82) is 0 Å². The number of aryl methyl sites for hydroxylation is 1. The van der Waals surface area contributed by atoms with E-state index in [-0.39, 0.29) is 17.8 Å². The molecule has 4 aromatic rings. The van der Waals surface area contributed by atoms with Gasteiger partial charge in [0.1, 0.15) is 28.7 Å². The van der Waals surface area contributed by atoms with E-state index in [1.165, 1.54) is 24.3 Å². The molecule has 1 aromatic heterocycles. The smallest absolute Gasteiger partial charge is 0.200 e. The van der Waals surface area contributed by atoms with Crippen molar-refractivity contribution in [1.82, 2.24) is 0 Å². The summed E-state index contributed by atoms with van der Waals surface area (Å²) in [5.41, 5.74) is 1.62. The number of benzene rings is 3. The Bertz CT molecular complexity index is 1320. The second kappa shape index (κ2) is 8.44. The molecule has 4 rings (SSSR count). The van der Waals surface area contributed by atoms with Gasteiger partial charge < -0.3 is 13.9 Å². The highest BCUT2D eigenvalue weighted by atomic mass is 19.1. The van der Waals surface area contributed by atoms with Crippen LogP contribution in [0.1, 0.15) is 16.1 Å². The molecule has 0 saturated carbocycles. The van der Waals surface area contributed by atoms with E-state index in [9.17, 15) is 14.0 Å². The number of fused-ring (bicyclic) bond motifs is 1. The fourth-order valence-corrected chi connectivity index (χ4v) is 3.41. The Balaban J connectivity index is 1.64. The Hall–Kier alpha value is -3.93. The van der Waals surface area contributed by atoms with Crippen LogP contribution in [0.15, 0.2) is 75.9 Å². The number of halogens is 1. The molecule has 5 nitrogen and oxygen atoms in total. The fraction of sp³-hybridized carbons (Fsp3) is 0.120. The normalized spacial score (nSPS) is 10.8. The zero-order valence-electron chi connectivity index (χ0n) is 17.0. The van der Waals surface area contributed by atoms with Gasteiger partial charge in [-0.05, 0) is 49.4 Å². The average molecular weight is 418 g/mol. The highest BCUT2D eigenvalue weighted by Crippen LogP contribution is 2.32. The summed E-state index contributed by atoms with van der Waals surface area (Å²) in [7, 11) is 1.55. The second-order valence-electron chi connectivity index (χ2n) is 6.94. The number of ether oxygens (including phenoxy) is 2. The highest BCUT2D eigenvalue weighted by molar-refractivity contribution is 5.97. The van der Waals surface area contributed by atoms with Gasteiger partial charge in [-0.2, -0.15) is 0 Å². The highest BCUT2D eigenvalue weighted by Gasteiger charge is 2.17. The third kappa shape index (κ3) is 4.05. The standard InChI is InChI=1S/C25H19FO5/c1-15-24(19-5-3-4-6-22(19)29-2)25(28)20-12-11-18(13-23(20)31-15)30-14-21(27)16-7-9-17(26)10-8-16/h3-13H,14H2,1-2H3. The van der Waals surface area contributed by atoms with Crippen molar-refractivity contribution in [2.75, 3.05) is 13.7 Å². The van der Waals surface area contributed by atoms with Crippen LogP contribution in [-0.2, 0) is 0 Å². The number of rotatable bonds is 6. The Morgan fingerprint density at radius 1 is 1.03 bits per heavy atom. The van der Waals surface area contributed by atoms with Crippen molar-refractivity contribution in [2.45, 2.75) is 6.92 Å². The lowest BCUT2D eigenvalue weighted by Crippen LogP contribution is -2.12. The molecule has 0 bridgehead atoms. The van der Waals surface area contributed by atoms with Crippen molar-refractivity contribution in [3.63, 3.8) is 0 Å². The third-order valence-electron chi connectivity index (χ3n) is 4.95. The van der Waals surface area contributed by atoms with Gasteiger partial charge in [-0.3, -0.25) is 9.59 Å². The molecular formula is C25H19FO5. The fourth-order valence-electron chi connectivity index (χ4n) is 3.41. The van der Waals surface area contributed by atoms with E-state index in [1.54, 1.807) is 38.3 Å². The molecule has 3 aromatic carbocycles. The summed E-state index contributed by atoms with van der Waals surface area (Å²) < 4.78 is 29.9. The first kappa shape index (κ1) is 20.3. The summed E-state index contributed by atoms with van der Waals surface area (Å²) in [6.07, 6.45) is 0. The SMILES string of the molecule is COc1ccccc1-c1c(C)oc2cc(OCC(=O)c3ccc(F)cc3)ccc2c1=O. The van der Waals surface area contributed by atoms with Crippen LogP contribution < -0.4 is 14.9 Å². The molecule has 0 atom stereocenters. The minimum absolute atomic E-state index is 0.183. The second-order valence-corrected chi connectivity index (χ2v) is 6.94. The number of Topliss-reactive ketones (excluding diaryl/α,β-unsaturated/α-hetero) is 1. The van der Waals surface area contributed by atoms with Crippen LogP contribution in [0.2, 0.25) is 0 Å². The number of carbonyl (C=O) groups excluding carboxylic acids is 1. The predicted octanol–water partition coefficient (Wildman–Crippen LogP) is 5.18. The molecule has 0 N–H and O–H groups in total. The lowest BCUT2D eigenvalue weighted by Gasteiger charge is -2.11. The molecule has 0 fully saturated rings. The summed E-state index contributed by atoms with van der Waals surface area (Å²) in [5, 5.41) is 0.392. The summed E-state index contributed by atoms with van der Waals surface area (Å²) in [5.74, 6) is 0.711. The Kier molecular flexibility index (Phi) is 5.54. The summed E-state index contributed by atoms with van der Waals surface area (Å²) in [6, 6.07) is 17.3. The molecule has 0 radical (unpaired) electrons. The van der Waals surface area contributed by atoms with Gasteiger partial charge in [-0.1, -0.05) is 18.2 Å². The van der Waals surface area contributed by atoms with Crippen LogP contribution in [-0.4, -0.2) is 19.5 Å². The monoisotopic (exact) mass is 418 g/mol. The van der Waals surface area contributed by atoms with Crippen LogP contribution in [0.4, 0.5) is 4.39 Å². The Labute approximate surface area is 177 Å². The van der Waals surface area contributed by atoms with Gasteiger partial charge in [-0.15, -0.1) is 0 Å². The van der Waals surface area contributed by atoms with Gasteiger partial charge >= 0.3 is 0 Å². The van der Waals surface area contributed by atoms with Crippen LogP contribution >= 0.6 is 0 Å². The lowest BCUT2D eigenvalue weighted by molar-refractivity contribution is 0.0921. The number of para-hydroxylation sites is 1. The van der Waals surface area contributed by atoms with Crippen LogP contribution in [0.25, 0.3) is 22.1 Å². The molecule has 0 aliphatic carbocycles. The first-order valence-corrected chi connectivity index (χ1v) is 9.60. The molecule has 0 saturated heterocycles. The molecule has 0 spiro atoms. The van der Waals surface area contributed by atoms with E-state index in [1.807, 2.05) is 18.2 Å². The minimum atomic E-state index is -0.412. The van der Waals surface area contributed by atoms with Crippen molar-refractivity contribution < 1.29 is 23.1 Å². The Morgan fingerprint density at radius 3 is 2.52 bits per heavy atom. The van der Waals surface area contributed by atoms with Gasteiger partial charge in [0.25, 0.3) is 0 Å². The molecule has 1 heterocycles. The third-order valence-corrected chi connectivity index (χ3v) is 4.95. The van der Waals surface area contributed by atoms with Crippen LogP contribution in [0, 0.1) is 12.7 Å². The van der Waals surface area contributed by atoms with E-state index in [0.29, 0.717) is 44.9 Å². The summed E-state index contributed by atoms with van der Waals surface area (Å²) >= 11 is 0. The molecule has 0 aliphatic heterocycles. The topological polar surface area (TPSA) is 65.7 Å². The Morgan fingerprint density at radius 2 is 1.77 bits per heavy atom. The van der Waals surface area contributed by atoms with Crippen molar-refractivity contribution in [3.8, 4) is 22.6 Å². The first-order chi connectivity index (χ1) is 15.0. The maximum absolute atomic E-state index is 13.2. The molecule has 0 aliphatic rings. The van der Waals surface area contributed by atoms with E-state index >= 15 is 0 Å².